The summed E-state index contributed by atoms with van der Waals surface area (Å²) in [7, 11) is 0. The highest BCUT2D eigenvalue weighted by molar-refractivity contribution is 5.85. The number of carboxylic acid groups (broad SMARTS) is 1. The van der Waals surface area contributed by atoms with Crippen molar-refractivity contribution in [3.63, 3.8) is 0 Å². The first-order valence-electron chi connectivity index (χ1n) is 12.2. The first-order chi connectivity index (χ1) is 16.5. The van der Waals surface area contributed by atoms with E-state index < -0.39 is 18.1 Å². The van der Waals surface area contributed by atoms with Gasteiger partial charge in [-0.1, -0.05) is 55.0 Å². The lowest BCUT2D eigenvalue weighted by Crippen LogP contribution is -2.43. The number of rotatable bonds is 7. The molecule has 1 aliphatic heterocycles. The number of ether oxygens (including phenoxy) is 1. The Morgan fingerprint density at radius 1 is 1.00 bits per heavy atom. The number of nitrogens with one attached hydrogen (secondary N) is 1. The van der Waals surface area contributed by atoms with Gasteiger partial charge < -0.3 is 20.1 Å². The van der Waals surface area contributed by atoms with Gasteiger partial charge >= 0.3 is 12.1 Å². The first kappa shape index (κ1) is 22.4. The van der Waals surface area contributed by atoms with Crippen LogP contribution in [0.5, 0.6) is 0 Å². The number of alkyl carbamates (subject to hydrolysis) is 1. The number of carboxylic acids is 1. The standard InChI is InChI=1S/C27H30N2O5/c30-24(29-15-17-7-5-12-18(17)25(29)26(31)32)13-6-14-28-27(33)34-16-23-21-10-3-1-8-19(21)20-9-2-4-11-22(20)23/h1-4,8-11,17-18,23,25H,5-7,12-16H2,(H,28,33)(H,31,32). The van der Waals surface area contributed by atoms with Gasteiger partial charge in [0.05, 0.1) is 0 Å². The van der Waals surface area contributed by atoms with Gasteiger partial charge in [-0.15, -0.1) is 0 Å². The van der Waals surface area contributed by atoms with E-state index in [2.05, 4.69) is 29.6 Å². The molecule has 3 aliphatic rings. The summed E-state index contributed by atoms with van der Waals surface area (Å²) >= 11 is 0. The summed E-state index contributed by atoms with van der Waals surface area (Å²) in [6.45, 7) is 1.09. The molecule has 2 aromatic carbocycles. The molecule has 5 rings (SSSR count). The van der Waals surface area contributed by atoms with Gasteiger partial charge in [0.15, 0.2) is 0 Å². The molecule has 1 saturated carbocycles. The van der Waals surface area contributed by atoms with Crippen LogP contribution in [-0.2, 0) is 14.3 Å². The maximum Gasteiger partial charge on any atom is 0.407 e. The molecule has 178 valence electrons. The Labute approximate surface area is 199 Å². The highest BCUT2D eigenvalue weighted by Gasteiger charge is 2.49. The molecule has 3 unspecified atom stereocenters. The minimum atomic E-state index is -0.903. The van der Waals surface area contributed by atoms with Crippen LogP contribution in [0.25, 0.3) is 11.1 Å². The van der Waals surface area contributed by atoms with E-state index in [4.69, 9.17) is 4.74 Å². The first-order valence-corrected chi connectivity index (χ1v) is 12.2. The largest absolute Gasteiger partial charge is 0.480 e. The Hall–Kier alpha value is -3.35. The van der Waals surface area contributed by atoms with Gasteiger partial charge in [0.1, 0.15) is 12.6 Å². The smallest absolute Gasteiger partial charge is 0.407 e. The number of hydrogen-bond acceptors (Lipinski definition) is 4. The third kappa shape index (κ3) is 4.15. The van der Waals surface area contributed by atoms with Crippen LogP contribution < -0.4 is 5.32 Å². The minimum absolute atomic E-state index is 0.00213. The van der Waals surface area contributed by atoms with E-state index >= 15 is 0 Å². The summed E-state index contributed by atoms with van der Waals surface area (Å²) in [5.74, 6) is -0.651. The molecule has 7 heteroatoms. The predicted octanol–water partition coefficient (Wildman–Crippen LogP) is 4.02. The van der Waals surface area contributed by atoms with Crippen molar-refractivity contribution in [3.05, 3.63) is 59.7 Å². The molecule has 0 bridgehead atoms. The van der Waals surface area contributed by atoms with Crippen molar-refractivity contribution in [2.75, 3.05) is 19.7 Å². The van der Waals surface area contributed by atoms with Gasteiger partial charge in [0.25, 0.3) is 0 Å². The summed E-state index contributed by atoms with van der Waals surface area (Å²) in [6, 6.07) is 15.7. The van der Waals surface area contributed by atoms with Crippen LogP contribution in [0.1, 0.15) is 49.1 Å². The second-order valence-corrected chi connectivity index (χ2v) is 9.54. The SMILES string of the molecule is O=C(NCCCC(=O)N1CC2CCCC2C1C(=O)O)OCC1c2ccccc2-c2ccccc21. The fourth-order valence-electron chi connectivity index (χ4n) is 6.10. The zero-order chi connectivity index (χ0) is 23.7. The fourth-order valence-corrected chi connectivity index (χ4v) is 6.10. The van der Waals surface area contributed by atoms with Gasteiger partial charge in [-0.25, -0.2) is 9.59 Å². The van der Waals surface area contributed by atoms with Gasteiger partial charge in [-0.05, 0) is 53.4 Å². The molecule has 1 saturated heterocycles. The van der Waals surface area contributed by atoms with Gasteiger partial charge in [0, 0.05) is 25.4 Å². The highest BCUT2D eigenvalue weighted by atomic mass is 16.5. The van der Waals surface area contributed by atoms with Crippen LogP contribution in [0.3, 0.4) is 0 Å². The number of carbonyl (C=O) groups excluding carboxylic acids is 2. The summed E-state index contributed by atoms with van der Waals surface area (Å²) in [6.07, 6.45) is 3.09. The molecule has 3 atom stereocenters. The number of likely N-dealkylation sites (tertiary alicyclic amines) is 1. The van der Waals surface area contributed by atoms with Crippen molar-refractivity contribution in [1.82, 2.24) is 10.2 Å². The van der Waals surface area contributed by atoms with E-state index in [1.54, 1.807) is 4.90 Å². The number of fused-ring (bicyclic) bond motifs is 4. The van der Waals surface area contributed by atoms with E-state index in [9.17, 15) is 19.5 Å². The summed E-state index contributed by atoms with van der Waals surface area (Å²) in [4.78, 5) is 38.3. The Morgan fingerprint density at radius 2 is 1.68 bits per heavy atom. The van der Waals surface area contributed by atoms with Gasteiger partial charge in [0.2, 0.25) is 5.91 Å². The van der Waals surface area contributed by atoms with Gasteiger partial charge in [-0.3, -0.25) is 4.79 Å². The topological polar surface area (TPSA) is 95.9 Å². The minimum Gasteiger partial charge on any atom is -0.480 e. The Bertz CT molecular complexity index is 1050. The molecule has 34 heavy (non-hydrogen) atoms. The van der Waals surface area contributed by atoms with Crippen LogP contribution in [0.2, 0.25) is 0 Å². The Kier molecular flexibility index (Phi) is 6.26. The van der Waals surface area contributed by atoms with Crippen molar-refractivity contribution in [3.8, 4) is 11.1 Å². The molecule has 0 aromatic heterocycles. The van der Waals surface area contributed by atoms with Crippen molar-refractivity contribution in [2.45, 2.75) is 44.1 Å². The van der Waals surface area contributed by atoms with Crippen molar-refractivity contribution >= 4 is 18.0 Å². The van der Waals surface area contributed by atoms with Crippen LogP contribution >= 0.6 is 0 Å². The lowest BCUT2D eigenvalue weighted by Gasteiger charge is -2.24. The molecule has 0 spiro atoms. The second-order valence-electron chi connectivity index (χ2n) is 9.54. The molecule has 2 aliphatic carbocycles. The maximum absolute atomic E-state index is 12.7. The van der Waals surface area contributed by atoms with E-state index in [-0.39, 0.29) is 30.8 Å². The second kappa shape index (κ2) is 9.49. The normalized spacial score (nSPS) is 22.7. The van der Waals surface area contributed by atoms with E-state index in [0.717, 1.165) is 30.4 Å². The lowest BCUT2D eigenvalue weighted by atomic mass is 9.94. The average molecular weight is 463 g/mol. The maximum atomic E-state index is 12.7. The molecule has 0 radical (unpaired) electrons. The monoisotopic (exact) mass is 462 g/mol. The Morgan fingerprint density at radius 3 is 2.35 bits per heavy atom. The van der Waals surface area contributed by atoms with Crippen LogP contribution in [-0.4, -0.2) is 53.7 Å². The molecule has 2 aromatic rings. The number of amides is 2. The summed E-state index contributed by atoms with van der Waals surface area (Å²) < 4.78 is 5.52. The predicted molar refractivity (Wildman–Crippen MR) is 126 cm³/mol. The number of aliphatic carboxylic acids is 1. The van der Waals surface area contributed by atoms with E-state index in [1.807, 2.05) is 24.3 Å². The van der Waals surface area contributed by atoms with Crippen molar-refractivity contribution < 1.29 is 24.2 Å². The quantitative estimate of drug-likeness (QED) is 0.606. The average Bonchev–Trinajstić information content (AvgIpc) is 3.52. The third-order valence-corrected chi connectivity index (χ3v) is 7.64. The number of benzene rings is 2. The van der Waals surface area contributed by atoms with E-state index in [1.165, 1.54) is 11.1 Å². The van der Waals surface area contributed by atoms with E-state index in [0.29, 0.717) is 25.4 Å². The molecule has 2 amide bonds. The van der Waals surface area contributed by atoms with Crippen LogP contribution in [0, 0.1) is 11.8 Å². The Balaban J connectivity index is 1.09. The van der Waals surface area contributed by atoms with Gasteiger partial charge in [-0.2, -0.15) is 0 Å². The fraction of sp³-hybridized carbons (Fsp3) is 0.444. The van der Waals surface area contributed by atoms with Crippen molar-refractivity contribution in [2.24, 2.45) is 11.8 Å². The molecule has 7 nitrogen and oxygen atoms in total. The number of carbonyl (C=O) groups is 3. The molecule has 2 N–H and O–H groups in total. The lowest BCUT2D eigenvalue weighted by molar-refractivity contribution is -0.149. The third-order valence-electron chi connectivity index (χ3n) is 7.64. The van der Waals surface area contributed by atoms with Crippen LogP contribution in [0.15, 0.2) is 48.5 Å². The zero-order valence-corrected chi connectivity index (χ0v) is 19.1. The summed E-state index contributed by atoms with van der Waals surface area (Å²) in [5.41, 5.74) is 4.67. The molecular formula is C27H30N2O5. The van der Waals surface area contributed by atoms with Crippen LogP contribution in [0.4, 0.5) is 4.79 Å². The van der Waals surface area contributed by atoms with Crippen molar-refractivity contribution in [1.29, 1.82) is 0 Å². The molecular weight excluding hydrogens is 432 g/mol. The zero-order valence-electron chi connectivity index (χ0n) is 19.1. The molecule has 2 fully saturated rings. The number of hydrogen-bond donors (Lipinski definition) is 2. The molecule has 1 heterocycles. The highest BCUT2D eigenvalue weighted by Crippen LogP contribution is 2.44. The summed E-state index contributed by atoms with van der Waals surface area (Å²) in [5, 5.41) is 12.4. The number of nitrogens with zero attached hydrogens (tertiary/aromatic N) is 1.